The van der Waals surface area contributed by atoms with E-state index in [1.807, 2.05) is 49.4 Å². The number of aromatic nitrogens is 1. The van der Waals surface area contributed by atoms with E-state index in [0.29, 0.717) is 0 Å². The van der Waals surface area contributed by atoms with Gasteiger partial charge in [-0.3, -0.25) is 14.7 Å². The van der Waals surface area contributed by atoms with E-state index in [2.05, 4.69) is 28.1 Å². The number of benzene rings is 2. The molecule has 0 radical (unpaired) electrons. The highest BCUT2D eigenvalue weighted by molar-refractivity contribution is 5.79. The Morgan fingerprint density at radius 1 is 1.19 bits per heavy atom. The van der Waals surface area contributed by atoms with Crippen molar-refractivity contribution >= 4 is 16.9 Å². The molecule has 2 aromatic carbocycles. The van der Waals surface area contributed by atoms with E-state index in [4.69, 9.17) is 4.74 Å². The van der Waals surface area contributed by atoms with Gasteiger partial charge < -0.3 is 4.74 Å². The van der Waals surface area contributed by atoms with Crippen LogP contribution in [0.2, 0.25) is 0 Å². The molecule has 0 bridgehead atoms. The van der Waals surface area contributed by atoms with E-state index in [0.717, 1.165) is 42.4 Å². The van der Waals surface area contributed by atoms with E-state index in [9.17, 15) is 4.79 Å². The summed E-state index contributed by atoms with van der Waals surface area (Å²) < 4.78 is 5.82. The number of pyridine rings is 1. The molecule has 0 N–H and O–H groups in total. The molecule has 1 aromatic heterocycles. The molecule has 1 fully saturated rings. The Bertz CT molecular complexity index is 926. The molecule has 27 heavy (non-hydrogen) atoms. The number of likely N-dealkylation sites (tertiary alicyclic amines) is 1. The normalized spacial score (nSPS) is 18.5. The summed E-state index contributed by atoms with van der Waals surface area (Å²) in [4.78, 5) is 19.5. The summed E-state index contributed by atoms with van der Waals surface area (Å²) in [7, 11) is 0. The number of ether oxygens (including phenoxy) is 1. The third-order valence-corrected chi connectivity index (χ3v) is 5.24. The number of para-hydroxylation sites is 1. The van der Waals surface area contributed by atoms with Crippen molar-refractivity contribution in [2.24, 2.45) is 0 Å². The minimum absolute atomic E-state index is 0.135. The van der Waals surface area contributed by atoms with Crippen LogP contribution in [0.1, 0.15) is 37.0 Å². The first kappa shape index (κ1) is 17.7. The van der Waals surface area contributed by atoms with Crippen molar-refractivity contribution in [2.45, 2.75) is 38.5 Å². The largest absolute Gasteiger partial charge is 0.457 e. The molecule has 138 valence electrons. The fourth-order valence-electron chi connectivity index (χ4n) is 3.73. The zero-order chi connectivity index (χ0) is 18.6. The minimum atomic E-state index is -0.311. The van der Waals surface area contributed by atoms with E-state index in [-0.39, 0.29) is 18.1 Å². The first-order valence-corrected chi connectivity index (χ1v) is 9.54. The van der Waals surface area contributed by atoms with Crippen LogP contribution in [0.5, 0.6) is 0 Å². The van der Waals surface area contributed by atoms with Crippen molar-refractivity contribution in [3.63, 3.8) is 0 Å². The molecule has 0 spiro atoms. The van der Waals surface area contributed by atoms with Crippen molar-refractivity contribution < 1.29 is 9.53 Å². The lowest BCUT2D eigenvalue weighted by Gasteiger charge is -2.24. The SMILES string of the molecule is C[C@@H](OC(=O)[C@@H]1CCCN1Cc1ccccc1)c1cnc2ccccc2c1. The van der Waals surface area contributed by atoms with Crippen LogP contribution in [-0.4, -0.2) is 28.4 Å². The Kier molecular flexibility index (Phi) is 5.16. The van der Waals surface area contributed by atoms with Gasteiger partial charge in [-0.15, -0.1) is 0 Å². The molecular formula is C23H24N2O2. The first-order chi connectivity index (χ1) is 13.2. The fraction of sp³-hybridized carbons (Fsp3) is 0.304. The van der Waals surface area contributed by atoms with Gasteiger partial charge in [0.2, 0.25) is 0 Å². The summed E-state index contributed by atoms with van der Waals surface area (Å²) in [6.07, 6.45) is 3.37. The highest BCUT2D eigenvalue weighted by Gasteiger charge is 2.32. The number of carbonyl (C=O) groups excluding carboxylic acids is 1. The molecule has 0 aliphatic carbocycles. The Hall–Kier alpha value is -2.72. The summed E-state index contributed by atoms with van der Waals surface area (Å²) in [6.45, 7) is 3.63. The molecule has 0 saturated carbocycles. The lowest BCUT2D eigenvalue weighted by atomic mass is 10.1. The lowest BCUT2D eigenvalue weighted by molar-refractivity contribution is -0.154. The van der Waals surface area contributed by atoms with E-state index >= 15 is 0 Å². The van der Waals surface area contributed by atoms with Crippen LogP contribution in [0.25, 0.3) is 10.9 Å². The second-order valence-electron chi connectivity index (χ2n) is 7.15. The Morgan fingerprint density at radius 3 is 2.81 bits per heavy atom. The van der Waals surface area contributed by atoms with Crippen molar-refractivity contribution in [3.8, 4) is 0 Å². The lowest BCUT2D eigenvalue weighted by Crippen LogP contribution is -2.37. The monoisotopic (exact) mass is 360 g/mol. The van der Waals surface area contributed by atoms with Crippen molar-refractivity contribution in [1.29, 1.82) is 0 Å². The van der Waals surface area contributed by atoms with Gasteiger partial charge >= 0.3 is 5.97 Å². The molecular weight excluding hydrogens is 336 g/mol. The van der Waals surface area contributed by atoms with E-state index in [1.54, 1.807) is 6.20 Å². The van der Waals surface area contributed by atoms with Gasteiger partial charge in [-0.25, -0.2) is 0 Å². The van der Waals surface area contributed by atoms with Gasteiger partial charge in [0, 0.05) is 23.7 Å². The Balaban J connectivity index is 1.43. The summed E-state index contributed by atoms with van der Waals surface area (Å²) in [5, 5.41) is 1.06. The smallest absolute Gasteiger partial charge is 0.323 e. The Morgan fingerprint density at radius 2 is 1.96 bits per heavy atom. The van der Waals surface area contributed by atoms with Gasteiger partial charge in [-0.05, 0) is 44.0 Å². The molecule has 2 heterocycles. The first-order valence-electron chi connectivity index (χ1n) is 9.54. The molecule has 4 heteroatoms. The van der Waals surface area contributed by atoms with Crippen molar-refractivity contribution in [2.75, 3.05) is 6.54 Å². The molecule has 0 amide bonds. The predicted octanol–water partition coefficient (Wildman–Crippen LogP) is 4.50. The summed E-state index contributed by atoms with van der Waals surface area (Å²) in [5.74, 6) is -0.135. The maximum Gasteiger partial charge on any atom is 0.323 e. The molecule has 1 aliphatic rings. The van der Waals surface area contributed by atoms with Crippen LogP contribution in [0.15, 0.2) is 66.9 Å². The number of esters is 1. The van der Waals surface area contributed by atoms with Gasteiger partial charge in [0.1, 0.15) is 12.1 Å². The minimum Gasteiger partial charge on any atom is -0.457 e. The predicted molar refractivity (Wildman–Crippen MR) is 106 cm³/mol. The Labute approximate surface area is 159 Å². The second-order valence-corrected chi connectivity index (χ2v) is 7.15. The zero-order valence-corrected chi connectivity index (χ0v) is 15.5. The third-order valence-electron chi connectivity index (χ3n) is 5.24. The van der Waals surface area contributed by atoms with Gasteiger partial charge in [0.25, 0.3) is 0 Å². The maximum absolute atomic E-state index is 12.8. The average Bonchev–Trinajstić information content (AvgIpc) is 3.16. The van der Waals surface area contributed by atoms with Crippen LogP contribution < -0.4 is 0 Å². The van der Waals surface area contributed by atoms with Crippen molar-refractivity contribution in [3.05, 3.63) is 78.0 Å². The van der Waals surface area contributed by atoms with Gasteiger partial charge in [-0.2, -0.15) is 0 Å². The quantitative estimate of drug-likeness (QED) is 0.628. The molecule has 0 unspecified atom stereocenters. The van der Waals surface area contributed by atoms with Crippen LogP contribution in [0.3, 0.4) is 0 Å². The topological polar surface area (TPSA) is 42.4 Å². The van der Waals surface area contributed by atoms with Gasteiger partial charge in [0.15, 0.2) is 0 Å². The molecule has 2 atom stereocenters. The van der Waals surface area contributed by atoms with Gasteiger partial charge in [-0.1, -0.05) is 48.5 Å². The van der Waals surface area contributed by atoms with Crippen LogP contribution in [-0.2, 0) is 16.1 Å². The number of carbonyl (C=O) groups is 1. The molecule has 3 aromatic rings. The standard InChI is InChI=1S/C23H24N2O2/c1-17(20-14-19-10-5-6-11-21(19)24-15-20)27-23(26)22-12-7-13-25(22)16-18-8-3-2-4-9-18/h2-6,8-11,14-15,17,22H,7,12-13,16H2,1H3/t17-,22+/m1/s1. The van der Waals surface area contributed by atoms with Crippen LogP contribution >= 0.6 is 0 Å². The maximum atomic E-state index is 12.8. The summed E-state index contributed by atoms with van der Waals surface area (Å²) in [6, 6.07) is 20.1. The van der Waals surface area contributed by atoms with E-state index in [1.165, 1.54) is 5.56 Å². The number of hydrogen-bond donors (Lipinski definition) is 0. The highest BCUT2D eigenvalue weighted by atomic mass is 16.5. The number of fused-ring (bicyclic) bond motifs is 1. The average molecular weight is 360 g/mol. The zero-order valence-electron chi connectivity index (χ0n) is 15.5. The fourth-order valence-corrected chi connectivity index (χ4v) is 3.73. The molecule has 1 saturated heterocycles. The molecule has 1 aliphatic heterocycles. The number of nitrogens with zero attached hydrogens (tertiary/aromatic N) is 2. The molecule has 4 nitrogen and oxygen atoms in total. The number of hydrogen-bond acceptors (Lipinski definition) is 4. The number of rotatable bonds is 5. The summed E-state index contributed by atoms with van der Waals surface area (Å²) >= 11 is 0. The van der Waals surface area contributed by atoms with Gasteiger partial charge in [0.05, 0.1) is 5.52 Å². The van der Waals surface area contributed by atoms with Crippen molar-refractivity contribution in [1.82, 2.24) is 9.88 Å². The van der Waals surface area contributed by atoms with Crippen LogP contribution in [0, 0.1) is 0 Å². The summed E-state index contributed by atoms with van der Waals surface area (Å²) in [5.41, 5.74) is 3.10. The van der Waals surface area contributed by atoms with Crippen LogP contribution in [0.4, 0.5) is 0 Å². The van der Waals surface area contributed by atoms with E-state index < -0.39 is 0 Å². The molecule has 4 rings (SSSR count). The highest BCUT2D eigenvalue weighted by Crippen LogP contribution is 2.25. The second kappa shape index (κ2) is 7.89. The third kappa shape index (κ3) is 4.01.